The normalized spacial score (nSPS) is 22.7. The van der Waals surface area contributed by atoms with Crippen LogP contribution in [0.2, 0.25) is 0 Å². The van der Waals surface area contributed by atoms with Gasteiger partial charge in [-0.15, -0.1) is 0 Å². The van der Waals surface area contributed by atoms with Crippen LogP contribution in [-0.2, 0) is 4.79 Å². The van der Waals surface area contributed by atoms with Crippen molar-refractivity contribution in [2.75, 3.05) is 20.7 Å². The number of hydrogen-bond acceptors (Lipinski definition) is 4. The third-order valence-corrected chi connectivity index (χ3v) is 6.08. The highest BCUT2D eigenvalue weighted by atomic mass is 16.3. The molecule has 0 spiro atoms. The van der Waals surface area contributed by atoms with E-state index in [9.17, 15) is 20.0 Å². The van der Waals surface area contributed by atoms with Crippen molar-refractivity contribution in [3.05, 3.63) is 59.7 Å². The van der Waals surface area contributed by atoms with Gasteiger partial charge in [-0.25, -0.2) is 0 Å². The zero-order valence-corrected chi connectivity index (χ0v) is 17.2. The van der Waals surface area contributed by atoms with E-state index in [1.807, 2.05) is 36.4 Å². The highest BCUT2D eigenvalue weighted by molar-refractivity contribution is 5.94. The second-order valence-corrected chi connectivity index (χ2v) is 8.23. The monoisotopic (exact) mass is 403 g/mol. The van der Waals surface area contributed by atoms with E-state index < -0.39 is 12.1 Å². The first-order chi connectivity index (χ1) is 14.5. The quantitative estimate of drug-likeness (QED) is 0.832. The summed E-state index contributed by atoms with van der Waals surface area (Å²) in [5.41, 5.74) is 3.42. The van der Waals surface area contributed by atoms with Crippen LogP contribution in [0.5, 0.6) is 0 Å². The largest absolute Gasteiger partial charge is 0.394 e. The topological polar surface area (TPSA) is 84.6 Å². The van der Waals surface area contributed by atoms with E-state index >= 15 is 0 Å². The number of rotatable bonds is 5. The number of carbonyl (C=O) groups is 2. The molecular weight excluding hydrogens is 378 g/mol. The number of carbonyl (C=O) groups excluding carboxylic acids is 2. The van der Waals surface area contributed by atoms with E-state index in [1.54, 1.807) is 31.1 Å². The van der Waals surface area contributed by atoms with Crippen molar-refractivity contribution in [1.29, 1.82) is 5.26 Å². The number of nitriles is 1. The van der Waals surface area contributed by atoms with Crippen LogP contribution in [0.1, 0.15) is 34.7 Å². The minimum Gasteiger partial charge on any atom is -0.394 e. The van der Waals surface area contributed by atoms with Gasteiger partial charge in [0.1, 0.15) is 6.04 Å². The van der Waals surface area contributed by atoms with Crippen LogP contribution < -0.4 is 0 Å². The van der Waals surface area contributed by atoms with Crippen molar-refractivity contribution in [2.24, 2.45) is 5.92 Å². The average molecular weight is 403 g/mol. The lowest BCUT2D eigenvalue weighted by atomic mass is 9.73. The van der Waals surface area contributed by atoms with Gasteiger partial charge in [0.2, 0.25) is 5.91 Å². The van der Waals surface area contributed by atoms with Crippen LogP contribution in [0.25, 0.3) is 11.1 Å². The standard InChI is InChI=1S/C24H25N3O3/c1-26(2)23(29)16-9-7-15(8-10-16)18-5-3-4-6-19(18)22-20(13-25)27(21(22)14-28)24(30)17-11-12-17/h3-10,17,20-22,28H,11-12,14H2,1-2H3/t20-,21-,22+/m1/s1. The zero-order chi connectivity index (χ0) is 21.4. The van der Waals surface area contributed by atoms with E-state index in [4.69, 9.17) is 0 Å². The molecule has 1 heterocycles. The van der Waals surface area contributed by atoms with Gasteiger partial charge >= 0.3 is 0 Å². The average Bonchev–Trinajstić information content (AvgIpc) is 3.59. The van der Waals surface area contributed by atoms with Gasteiger partial charge < -0.3 is 14.9 Å². The van der Waals surface area contributed by atoms with Crippen molar-refractivity contribution < 1.29 is 14.7 Å². The van der Waals surface area contributed by atoms with Crippen molar-refractivity contribution in [2.45, 2.75) is 30.8 Å². The molecule has 3 atom stereocenters. The van der Waals surface area contributed by atoms with Crippen LogP contribution in [0.4, 0.5) is 0 Å². The summed E-state index contributed by atoms with van der Waals surface area (Å²) in [5, 5.41) is 19.8. The Morgan fingerprint density at radius 1 is 1.13 bits per heavy atom. The van der Waals surface area contributed by atoms with Gasteiger partial charge in [0.15, 0.2) is 0 Å². The molecule has 0 radical (unpaired) electrons. The van der Waals surface area contributed by atoms with E-state index in [-0.39, 0.29) is 30.3 Å². The summed E-state index contributed by atoms with van der Waals surface area (Å²) < 4.78 is 0. The minimum atomic E-state index is -0.578. The maximum atomic E-state index is 12.6. The number of likely N-dealkylation sites (tertiary alicyclic amines) is 1. The molecule has 0 bridgehead atoms. The summed E-state index contributed by atoms with van der Waals surface area (Å²) in [6, 6.07) is 16.5. The molecule has 1 aliphatic heterocycles. The molecule has 6 nitrogen and oxygen atoms in total. The van der Waals surface area contributed by atoms with Crippen molar-refractivity contribution in [3.8, 4) is 17.2 Å². The second-order valence-electron chi connectivity index (χ2n) is 8.23. The van der Waals surface area contributed by atoms with Crippen LogP contribution in [-0.4, -0.2) is 59.5 Å². The zero-order valence-electron chi connectivity index (χ0n) is 17.2. The van der Waals surface area contributed by atoms with Gasteiger partial charge in [-0.2, -0.15) is 5.26 Å². The highest BCUT2D eigenvalue weighted by Gasteiger charge is 2.54. The number of hydrogen-bond donors (Lipinski definition) is 1. The molecule has 0 aromatic heterocycles. The number of benzene rings is 2. The van der Waals surface area contributed by atoms with E-state index in [0.29, 0.717) is 5.56 Å². The van der Waals surface area contributed by atoms with Gasteiger partial charge in [0.05, 0.1) is 18.7 Å². The first-order valence-electron chi connectivity index (χ1n) is 10.2. The number of aliphatic hydroxyl groups is 1. The number of amides is 2. The molecule has 6 heteroatoms. The maximum Gasteiger partial charge on any atom is 0.253 e. The number of aliphatic hydroxyl groups excluding tert-OH is 1. The summed E-state index contributed by atoms with van der Waals surface area (Å²) in [7, 11) is 3.43. The molecule has 0 unspecified atom stereocenters. The fourth-order valence-electron chi connectivity index (χ4n) is 4.33. The summed E-state index contributed by atoms with van der Waals surface area (Å²) in [6.45, 7) is -0.175. The molecule has 2 aromatic rings. The minimum absolute atomic E-state index is 0.00729. The maximum absolute atomic E-state index is 12.6. The highest BCUT2D eigenvalue weighted by Crippen LogP contribution is 2.46. The Balaban J connectivity index is 1.67. The molecule has 2 aromatic carbocycles. The van der Waals surface area contributed by atoms with Gasteiger partial charge in [0.25, 0.3) is 5.91 Å². The third-order valence-electron chi connectivity index (χ3n) is 6.08. The Bertz CT molecular complexity index is 1010. The molecule has 1 N–H and O–H groups in total. The molecule has 2 aliphatic rings. The van der Waals surface area contributed by atoms with Crippen molar-refractivity contribution in [1.82, 2.24) is 9.80 Å². The van der Waals surface area contributed by atoms with E-state index in [0.717, 1.165) is 29.5 Å². The summed E-state index contributed by atoms with van der Waals surface area (Å²) in [6.07, 6.45) is 1.73. The summed E-state index contributed by atoms with van der Waals surface area (Å²) >= 11 is 0. The molecule has 4 rings (SSSR count). The molecule has 1 aliphatic carbocycles. The molecule has 2 fully saturated rings. The Kier molecular flexibility index (Phi) is 5.31. The van der Waals surface area contributed by atoms with Crippen molar-refractivity contribution in [3.63, 3.8) is 0 Å². The molecule has 1 saturated carbocycles. The number of nitrogens with zero attached hydrogens (tertiary/aromatic N) is 3. The summed E-state index contributed by atoms with van der Waals surface area (Å²) in [5.74, 6) is -0.316. The van der Waals surface area contributed by atoms with Crippen LogP contribution >= 0.6 is 0 Å². The first-order valence-corrected chi connectivity index (χ1v) is 10.2. The van der Waals surface area contributed by atoms with E-state index in [2.05, 4.69) is 6.07 Å². The smallest absolute Gasteiger partial charge is 0.253 e. The van der Waals surface area contributed by atoms with Gasteiger partial charge in [-0.05, 0) is 41.7 Å². The fraction of sp³-hybridized carbons (Fsp3) is 0.375. The summed E-state index contributed by atoms with van der Waals surface area (Å²) in [4.78, 5) is 27.9. The molecule has 30 heavy (non-hydrogen) atoms. The fourth-order valence-corrected chi connectivity index (χ4v) is 4.33. The van der Waals surface area contributed by atoms with Crippen molar-refractivity contribution >= 4 is 11.8 Å². The lowest BCUT2D eigenvalue weighted by molar-refractivity contribution is -0.148. The van der Waals surface area contributed by atoms with Crippen LogP contribution in [0.15, 0.2) is 48.5 Å². The molecule has 2 amide bonds. The lowest BCUT2D eigenvalue weighted by Gasteiger charge is -2.52. The Hall–Kier alpha value is -3.17. The Labute approximate surface area is 176 Å². The van der Waals surface area contributed by atoms with Gasteiger partial charge in [0, 0.05) is 31.5 Å². The van der Waals surface area contributed by atoms with Gasteiger partial charge in [-0.1, -0.05) is 36.4 Å². The lowest BCUT2D eigenvalue weighted by Crippen LogP contribution is -2.65. The van der Waals surface area contributed by atoms with Crippen LogP contribution in [0.3, 0.4) is 0 Å². The Morgan fingerprint density at radius 2 is 1.80 bits per heavy atom. The SMILES string of the molecule is CN(C)C(=O)c1ccc(-c2ccccc2[C@H]2[C@@H](C#N)N(C(=O)C3CC3)[C@@H]2CO)cc1. The molecular formula is C24H25N3O3. The first kappa shape index (κ1) is 20.1. The van der Waals surface area contributed by atoms with Gasteiger partial charge in [-0.3, -0.25) is 9.59 Å². The molecule has 1 saturated heterocycles. The second kappa shape index (κ2) is 7.92. The van der Waals surface area contributed by atoms with E-state index in [1.165, 1.54) is 4.90 Å². The molecule has 154 valence electrons. The Morgan fingerprint density at radius 3 is 2.37 bits per heavy atom. The predicted molar refractivity (Wildman–Crippen MR) is 112 cm³/mol. The predicted octanol–water partition coefficient (Wildman–Crippen LogP) is 2.64. The van der Waals surface area contributed by atoms with Crippen LogP contribution in [0, 0.1) is 17.2 Å². The third kappa shape index (κ3) is 3.35.